The second-order valence-electron chi connectivity index (χ2n) is 7.98. The Bertz CT molecular complexity index is 1340. The van der Waals surface area contributed by atoms with Crippen LogP contribution in [0.25, 0.3) is 16.9 Å². The van der Waals surface area contributed by atoms with Gasteiger partial charge < -0.3 is 4.90 Å². The number of hydrogen-bond donors (Lipinski definition) is 0. The maximum absolute atomic E-state index is 13.2. The van der Waals surface area contributed by atoms with Crippen molar-refractivity contribution in [2.75, 3.05) is 18.0 Å². The molecule has 0 aliphatic carbocycles. The van der Waals surface area contributed by atoms with E-state index in [1.165, 1.54) is 23.0 Å². The fourth-order valence-corrected chi connectivity index (χ4v) is 4.04. The molecule has 0 unspecified atom stereocenters. The van der Waals surface area contributed by atoms with Gasteiger partial charge in [-0.05, 0) is 42.7 Å². The van der Waals surface area contributed by atoms with Crippen molar-refractivity contribution in [3.63, 3.8) is 0 Å². The molecule has 0 amide bonds. The zero-order chi connectivity index (χ0) is 23.2. The molecule has 5 rings (SSSR count). The number of Topliss-reactive ketones (excluding diaryl/α,β-unsaturated/α-hetero) is 1. The molecule has 1 saturated heterocycles. The van der Waals surface area contributed by atoms with Gasteiger partial charge in [-0.15, -0.1) is 5.10 Å². The minimum Gasteiger partial charge on any atom is -0.340 e. The smallest absolute Gasteiger partial charge is 0.340 e. The Kier molecular flexibility index (Phi) is 5.10. The molecule has 170 valence electrons. The molecule has 1 fully saturated rings. The van der Waals surface area contributed by atoms with Gasteiger partial charge in [-0.2, -0.15) is 23.3 Å². The first-order valence-corrected chi connectivity index (χ1v) is 10.5. The molecule has 0 radical (unpaired) electrons. The number of rotatable bonds is 5. The molecule has 0 atom stereocenters. The lowest BCUT2D eigenvalue weighted by Gasteiger charge is -2.10. The van der Waals surface area contributed by atoms with Crippen LogP contribution >= 0.6 is 0 Å². The van der Waals surface area contributed by atoms with Crippen molar-refractivity contribution in [3.8, 4) is 11.3 Å². The van der Waals surface area contributed by atoms with Gasteiger partial charge in [0.1, 0.15) is 11.4 Å². The first-order chi connectivity index (χ1) is 15.8. The SMILES string of the molecule is Cn1ncc(-c2cccc(C(F)(F)F)n2)c1C(=O)Cc1ccn2nc(N3CCCC3)nc2c1. The molecule has 8 nitrogen and oxygen atoms in total. The van der Waals surface area contributed by atoms with Crippen LogP contribution < -0.4 is 4.90 Å². The van der Waals surface area contributed by atoms with Gasteiger partial charge in [0, 0.05) is 38.3 Å². The summed E-state index contributed by atoms with van der Waals surface area (Å²) in [7, 11) is 1.58. The minimum absolute atomic E-state index is 0.0356. The van der Waals surface area contributed by atoms with E-state index in [1.54, 1.807) is 29.9 Å². The number of alkyl halides is 3. The standard InChI is InChI=1S/C22H20F3N7O/c1-30-20(15(13-26-30)16-5-4-6-18(27-16)22(23,24)25)17(33)11-14-7-10-32-19(12-14)28-21(29-32)31-8-2-3-9-31/h4-7,10,12-13H,2-3,8-9,11H2,1H3. The Hall–Kier alpha value is -3.76. The Morgan fingerprint density at radius 2 is 1.91 bits per heavy atom. The third-order valence-electron chi connectivity index (χ3n) is 5.66. The van der Waals surface area contributed by atoms with Gasteiger partial charge in [0.05, 0.1) is 11.9 Å². The summed E-state index contributed by atoms with van der Waals surface area (Å²) in [5.41, 5.74) is 0.830. The van der Waals surface area contributed by atoms with Crippen LogP contribution in [0.4, 0.5) is 19.1 Å². The van der Waals surface area contributed by atoms with Crippen molar-refractivity contribution in [1.82, 2.24) is 29.4 Å². The molecule has 0 aromatic carbocycles. The number of nitrogens with zero attached hydrogens (tertiary/aromatic N) is 7. The highest BCUT2D eigenvalue weighted by atomic mass is 19.4. The molecule has 11 heteroatoms. The normalized spacial score (nSPS) is 14.4. The van der Waals surface area contributed by atoms with Crippen molar-refractivity contribution in [3.05, 3.63) is 59.7 Å². The fraction of sp³-hybridized carbons (Fsp3) is 0.318. The van der Waals surface area contributed by atoms with Crippen LogP contribution in [0, 0.1) is 0 Å². The van der Waals surface area contributed by atoms with Crippen LogP contribution in [0.2, 0.25) is 0 Å². The van der Waals surface area contributed by atoms with Gasteiger partial charge in [0.25, 0.3) is 0 Å². The number of carbonyl (C=O) groups is 1. The van der Waals surface area contributed by atoms with Crippen LogP contribution in [0.1, 0.15) is 34.6 Å². The quantitative estimate of drug-likeness (QED) is 0.428. The van der Waals surface area contributed by atoms with E-state index in [0.717, 1.165) is 37.6 Å². The second-order valence-corrected chi connectivity index (χ2v) is 7.98. The van der Waals surface area contributed by atoms with Crippen molar-refractivity contribution in [2.24, 2.45) is 7.05 Å². The lowest BCUT2D eigenvalue weighted by molar-refractivity contribution is -0.141. The van der Waals surface area contributed by atoms with Gasteiger partial charge in [-0.3, -0.25) is 9.48 Å². The largest absolute Gasteiger partial charge is 0.433 e. The van der Waals surface area contributed by atoms with Crippen LogP contribution in [-0.2, 0) is 19.6 Å². The van der Waals surface area contributed by atoms with E-state index in [4.69, 9.17) is 0 Å². The predicted molar refractivity (Wildman–Crippen MR) is 114 cm³/mol. The van der Waals surface area contributed by atoms with Gasteiger partial charge in [0.15, 0.2) is 11.4 Å². The molecule has 0 bridgehead atoms. The monoisotopic (exact) mass is 455 g/mol. The number of hydrogen-bond acceptors (Lipinski definition) is 6. The topological polar surface area (TPSA) is 81.2 Å². The summed E-state index contributed by atoms with van der Waals surface area (Å²) in [5, 5.41) is 8.58. The molecular weight excluding hydrogens is 435 g/mol. The van der Waals surface area contributed by atoms with Crippen LogP contribution in [-0.4, -0.2) is 48.2 Å². The van der Waals surface area contributed by atoms with Gasteiger partial charge in [0.2, 0.25) is 5.95 Å². The Labute approximate surface area is 186 Å². The van der Waals surface area contributed by atoms with E-state index < -0.39 is 11.9 Å². The summed E-state index contributed by atoms with van der Waals surface area (Å²) in [4.78, 5) is 23.6. The minimum atomic E-state index is -4.58. The lowest BCUT2D eigenvalue weighted by atomic mass is 10.0. The molecule has 4 aromatic rings. The Morgan fingerprint density at radius 3 is 2.67 bits per heavy atom. The maximum atomic E-state index is 13.2. The van der Waals surface area contributed by atoms with Gasteiger partial charge in [-0.1, -0.05) is 6.07 Å². The maximum Gasteiger partial charge on any atom is 0.433 e. The highest BCUT2D eigenvalue weighted by Gasteiger charge is 2.33. The molecule has 0 saturated carbocycles. The third-order valence-corrected chi connectivity index (χ3v) is 5.66. The van der Waals surface area contributed by atoms with Crippen molar-refractivity contribution >= 4 is 17.4 Å². The number of ketones is 1. The summed E-state index contributed by atoms with van der Waals surface area (Å²) >= 11 is 0. The van der Waals surface area contributed by atoms with E-state index in [1.807, 2.05) is 0 Å². The number of halogens is 3. The van der Waals surface area contributed by atoms with E-state index in [2.05, 4.69) is 25.1 Å². The summed E-state index contributed by atoms with van der Waals surface area (Å²) < 4.78 is 42.3. The summed E-state index contributed by atoms with van der Waals surface area (Å²) in [6.45, 7) is 1.85. The van der Waals surface area contributed by atoms with E-state index in [9.17, 15) is 18.0 Å². The van der Waals surface area contributed by atoms with E-state index >= 15 is 0 Å². The summed E-state index contributed by atoms with van der Waals surface area (Å²) in [5.74, 6) is 0.383. The van der Waals surface area contributed by atoms with Gasteiger partial charge in [-0.25, -0.2) is 9.50 Å². The number of pyridine rings is 2. The molecular formula is C22H20F3N7O. The zero-order valence-corrected chi connectivity index (χ0v) is 17.7. The van der Waals surface area contributed by atoms with Crippen molar-refractivity contribution < 1.29 is 18.0 Å². The van der Waals surface area contributed by atoms with Crippen molar-refractivity contribution in [2.45, 2.75) is 25.4 Å². The average Bonchev–Trinajstić information content (AvgIpc) is 3.52. The number of fused-ring (bicyclic) bond motifs is 1. The second kappa shape index (κ2) is 7.98. The van der Waals surface area contributed by atoms with Gasteiger partial charge >= 0.3 is 6.18 Å². The zero-order valence-electron chi connectivity index (χ0n) is 17.7. The Morgan fingerprint density at radius 1 is 1.12 bits per heavy atom. The number of aryl methyl sites for hydroxylation is 1. The number of aromatic nitrogens is 6. The lowest BCUT2D eigenvalue weighted by Crippen LogP contribution is -2.19. The third kappa shape index (κ3) is 4.06. The summed E-state index contributed by atoms with van der Waals surface area (Å²) in [6, 6.07) is 7.18. The predicted octanol–water partition coefficient (Wildman–Crippen LogP) is 3.57. The highest BCUT2D eigenvalue weighted by molar-refractivity contribution is 6.01. The Balaban J connectivity index is 1.43. The molecule has 5 heterocycles. The van der Waals surface area contributed by atoms with Crippen LogP contribution in [0.5, 0.6) is 0 Å². The van der Waals surface area contributed by atoms with E-state index in [0.29, 0.717) is 11.6 Å². The highest BCUT2D eigenvalue weighted by Crippen LogP contribution is 2.30. The first-order valence-electron chi connectivity index (χ1n) is 10.5. The number of anilines is 1. The van der Waals surface area contributed by atoms with E-state index in [-0.39, 0.29) is 29.2 Å². The average molecular weight is 455 g/mol. The fourth-order valence-electron chi connectivity index (χ4n) is 4.04. The molecule has 1 aliphatic rings. The summed E-state index contributed by atoms with van der Waals surface area (Å²) in [6.07, 6.45) is 0.798. The van der Waals surface area contributed by atoms with Crippen molar-refractivity contribution in [1.29, 1.82) is 0 Å². The molecule has 4 aromatic heterocycles. The first kappa shape index (κ1) is 21.1. The molecule has 0 N–H and O–H groups in total. The molecule has 33 heavy (non-hydrogen) atoms. The molecule has 0 spiro atoms. The molecule has 1 aliphatic heterocycles. The van der Waals surface area contributed by atoms with Crippen LogP contribution in [0.3, 0.4) is 0 Å². The number of carbonyl (C=O) groups excluding carboxylic acids is 1. The van der Waals surface area contributed by atoms with Crippen LogP contribution in [0.15, 0.2) is 42.7 Å².